The molecule has 0 bridgehead atoms. The number of halogens is 1. The van der Waals surface area contributed by atoms with E-state index in [-0.39, 0.29) is 29.2 Å². The Bertz CT molecular complexity index is 568. The Labute approximate surface area is 131 Å². The van der Waals surface area contributed by atoms with Gasteiger partial charge in [0.2, 0.25) is 0 Å². The Hall–Kier alpha value is -1.62. The maximum Gasteiger partial charge on any atom is 0.407 e. The van der Waals surface area contributed by atoms with Crippen LogP contribution < -0.4 is 5.73 Å². The van der Waals surface area contributed by atoms with Crippen LogP contribution in [0.5, 0.6) is 0 Å². The first-order valence-electron chi connectivity index (χ1n) is 7.64. The van der Waals surface area contributed by atoms with Crippen LogP contribution in [0.25, 0.3) is 0 Å². The van der Waals surface area contributed by atoms with Crippen LogP contribution in [0, 0.1) is 18.2 Å². The molecule has 1 saturated heterocycles. The van der Waals surface area contributed by atoms with Crippen LogP contribution in [0.2, 0.25) is 0 Å². The molecule has 0 radical (unpaired) electrons. The van der Waals surface area contributed by atoms with E-state index in [4.69, 9.17) is 5.73 Å². The Morgan fingerprint density at radius 3 is 2.55 bits per heavy atom. The van der Waals surface area contributed by atoms with Gasteiger partial charge < -0.3 is 15.7 Å². The molecule has 1 aromatic rings. The number of aryl methyl sites for hydroxylation is 1. The zero-order chi connectivity index (χ0) is 16.7. The summed E-state index contributed by atoms with van der Waals surface area (Å²) in [5.74, 6) is -0.418. The lowest BCUT2D eigenvalue weighted by Gasteiger charge is -2.49. The number of benzene rings is 1. The fourth-order valence-electron chi connectivity index (χ4n) is 3.67. The molecule has 5 heteroatoms. The van der Waals surface area contributed by atoms with Crippen molar-refractivity contribution < 1.29 is 14.3 Å². The number of hydrogen-bond donors (Lipinski definition) is 2. The normalized spacial score (nSPS) is 26.1. The molecule has 1 heterocycles. The highest BCUT2D eigenvalue weighted by molar-refractivity contribution is 5.66. The summed E-state index contributed by atoms with van der Waals surface area (Å²) in [6, 6.07) is 4.29. The van der Waals surface area contributed by atoms with E-state index in [1.807, 2.05) is 27.7 Å². The Balaban J connectivity index is 2.54. The van der Waals surface area contributed by atoms with Crippen molar-refractivity contribution in [3.63, 3.8) is 0 Å². The summed E-state index contributed by atoms with van der Waals surface area (Å²) >= 11 is 0. The molecular formula is C17H25FN2O2. The van der Waals surface area contributed by atoms with Crippen molar-refractivity contribution in [3.8, 4) is 0 Å². The summed E-state index contributed by atoms with van der Waals surface area (Å²) in [5.41, 5.74) is 7.86. The van der Waals surface area contributed by atoms with E-state index in [2.05, 4.69) is 0 Å². The molecule has 0 spiro atoms. The highest BCUT2D eigenvalue weighted by Crippen LogP contribution is 2.42. The van der Waals surface area contributed by atoms with E-state index in [1.54, 1.807) is 6.07 Å². The smallest absolute Gasteiger partial charge is 0.407 e. The zero-order valence-electron chi connectivity index (χ0n) is 13.6. The molecule has 1 fully saturated rings. The number of likely N-dealkylation sites (tertiary alicyclic amines) is 1. The van der Waals surface area contributed by atoms with Gasteiger partial charge in [0.25, 0.3) is 0 Å². The van der Waals surface area contributed by atoms with Gasteiger partial charge in [0.15, 0.2) is 0 Å². The van der Waals surface area contributed by atoms with E-state index in [0.29, 0.717) is 13.0 Å². The first kappa shape index (κ1) is 16.7. The second-order valence-electron chi connectivity index (χ2n) is 7.27. The Kier molecular flexibility index (Phi) is 4.47. The highest BCUT2D eigenvalue weighted by Gasteiger charge is 2.45. The summed E-state index contributed by atoms with van der Waals surface area (Å²) < 4.78 is 13.4. The number of amides is 1. The molecule has 3 N–H and O–H groups in total. The van der Waals surface area contributed by atoms with Gasteiger partial charge in [-0.15, -0.1) is 0 Å². The third kappa shape index (κ3) is 3.09. The lowest BCUT2D eigenvalue weighted by atomic mass is 9.69. The molecule has 3 atom stereocenters. The first-order chi connectivity index (χ1) is 10.1. The third-order valence-corrected chi connectivity index (χ3v) is 4.56. The monoisotopic (exact) mass is 308 g/mol. The predicted octanol–water partition coefficient (Wildman–Crippen LogP) is 3.34. The molecule has 122 valence electrons. The maximum atomic E-state index is 13.4. The van der Waals surface area contributed by atoms with Crippen molar-refractivity contribution in [2.75, 3.05) is 6.54 Å². The average Bonchev–Trinajstić information content (AvgIpc) is 2.37. The quantitative estimate of drug-likeness (QED) is 0.836. The van der Waals surface area contributed by atoms with Crippen molar-refractivity contribution in [2.45, 2.75) is 52.1 Å². The number of rotatable bonds is 1. The molecule has 1 unspecified atom stereocenters. The number of nitrogens with two attached hydrogens (primary N) is 1. The topological polar surface area (TPSA) is 66.6 Å². The molecule has 22 heavy (non-hydrogen) atoms. The van der Waals surface area contributed by atoms with Gasteiger partial charge in [-0.05, 0) is 42.0 Å². The van der Waals surface area contributed by atoms with Gasteiger partial charge in [0.1, 0.15) is 5.82 Å². The lowest BCUT2D eigenvalue weighted by molar-refractivity contribution is 0.0383. The van der Waals surface area contributed by atoms with Gasteiger partial charge in [0.05, 0.1) is 0 Å². The molecule has 0 aromatic heterocycles. The van der Waals surface area contributed by atoms with Gasteiger partial charge in [-0.3, -0.25) is 0 Å². The fourth-order valence-corrected chi connectivity index (χ4v) is 3.67. The number of carbonyl (C=O) groups is 1. The van der Waals surface area contributed by atoms with Crippen molar-refractivity contribution >= 4 is 6.09 Å². The number of carboxylic acid groups (broad SMARTS) is 1. The molecule has 0 saturated carbocycles. The molecule has 1 amide bonds. The van der Waals surface area contributed by atoms with Crippen LogP contribution >= 0.6 is 0 Å². The minimum absolute atomic E-state index is 0.134. The summed E-state index contributed by atoms with van der Waals surface area (Å²) in [4.78, 5) is 13.2. The van der Waals surface area contributed by atoms with E-state index < -0.39 is 6.09 Å². The minimum Gasteiger partial charge on any atom is -0.465 e. The minimum atomic E-state index is -0.920. The van der Waals surface area contributed by atoms with E-state index in [9.17, 15) is 14.3 Å². The van der Waals surface area contributed by atoms with E-state index in [1.165, 1.54) is 17.0 Å². The summed E-state index contributed by atoms with van der Waals surface area (Å²) in [7, 11) is 0. The molecule has 4 nitrogen and oxygen atoms in total. The van der Waals surface area contributed by atoms with Crippen LogP contribution in [0.15, 0.2) is 18.2 Å². The molecule has 0 aliphatic carbocycles. The second kappa shape index (κ2) is 5.88. The van der Waals surface area contributed by atoms with Crippen LogP contribution in [0.3, 0.4) is 0 Å². The standard InChI is InChI=1S/C17H25FN2O2/c1-10-9-11(18)5-6-12(10)14-13(19)7-8-20(16(21)22)15(14)17(2,3)4/h5-6,9,13-15H,7-8,19H2,1-4H3,(H,21,22)/t13-,14-,15?/m1/s1. The van der Waals surface area contributed by atoms with Crippen molar-refractivity contribution in [3.05, 3.63) is 35.1 Å². The van der Waals surface area contributed by atoms with E-state index >= 15 is 0 Å². The molecule has 2 rings (SSSR count). The average molecular weight is 308 g/mol. The third-order valence-electron chi connectivity index (χ3n) is 4.56. The van der Waals surface area contributed by atoms with Crippen molar-refractivity contribution in [2.24, 2.45) is 11.1 Å². The van der Waals surface area contributed by atoms with Crippen LogP contribution in [-0.4, -0.2) is 34.7 Å². The first-order valence-corrected chi connectivity index (χ1v) is 7.64. The van der Waals surface area contributed by atoms with Crippen LogP contribution in [0.4, 0.5) is 9.18 Å². The molecule has 1 aliphatic heterocycles. The van der Waals surface area contributed by atoms with Crippen LogP contribution in [-0.2, 0) is 0 Å². The maximum absolute atomic E-state index is 13.4. The van der Waals surface area contributed by atoms with E-state index in [0.717, 1.165) is 11.1 Å². The molecule has 1 aliphatic rings. The summed E-state index contributed by atoms with van der Waals surface area (Å²) in [5, 5.41) is 9.56. The van der Waals surface area contributed by atoms with Gasteiger partial charge in [0, 0.05) is 24.5 Å². The summed E-state index contributed by atoms with van der Waals surface area (Å²) in [6.07, 6.45) is -0.308. The van der Waals surface area contributed by atoms with Gasteiger partial charge in [-0.2, -0.15) is 0 Å². The zero-order valence-corrected chi connectivity index (χ0v) is 13.6. The second-order valence-corrected chi connectivity index (χ2v) is 7.27. The SMILES string of the molecule is Cc1cc(F)ccc1[C@H]1C(C(C)(C)C)N(C(=O)O)CC[C@H]1N. The van der Waals surface area contributed by atoms with Gasteiger partial charge in [-0.1, -0.05) is 26.8 Å². The van der Waals surface area contributed by atoms with Crippen LogP contribution in [0.1, 0.15) is 44.2 Å². The Morgan fingerprint density at radius 1 is 1.41 bits per heavy atom. The van der Waals surface area contributed by atoms with Crippen molar-refractivity contribution in [1.29, 1.82) is 0 Å². The van der Waals surface area contributed by atoms with Gasteiger partial charge >= 0.3 is 6.09 Å². The number of piperidine rings is 1. The number of nitrogens with zero attached hydrogens (tertiary/aromatic N) is 1. The molecule has 1 aromatic carbocycles. The Morgan fingerprint density at radius 2 is 2.05 bits per heavy atom. The summed E-state index contributed by atoms with van der Waals surface area (Å²) in [6.45, 7) is 8.37. The number of hydrogen-bond acceptors (Lipinski definition) is 2. The molecular weight excluding hydrogens is 283 g/mol. The fraction of sp³-hybridized carbons (Fsp3) is 0.588. The predicted molar refractivity (Wildman–Crippen MR) is 84.4 cm³/mol. The highest BCUT2D eigenvalue weighted by atomic mass is 19.1. The van der Waals surface area contributed by atoms with Gasteiger partial charge in [-0.25, -0.2) is 9.18 Å². The largest absolute Gasteiger partial charge is 0.465 e. The van der Waals surface area contributed by atoms with Crippen molar-refractivity contribution in [1.82, 2.24) is 4.90 Å². The lowest BCUT2D eigenvalue weighted by Crippen LogP contribution is -2.59.